The van der Waals surface area contributed by atoms with Crippen LogP contribution in [0.25, 0.3) is 0 Å². The number of carbonyl (C=O) groups is 1. The molecular weight excluding hydrogens is 1180 g/mol. The molecule has 9 rings (SSSR count). The minimum Gasteiger partial charge on any atom is -0.394 e. The van der Waals surface area contributed by atoms with E-state index in [0.29, 0.717) is 32.1 Å². The van der Waals surface area contributed by atoms with Crippen molar-refractivity contribution in [3.63, 3.8) is 0 Å². The summed E-state index contributed by atoms with van der Waals surface area (Å²) in [7, 11) is -4.89. The molecule has 0 aromatic rings. The Bertz CT molecular complexity index is 2490. The van der Waals surface area contributed by atoms with E-state index < -0.39 is 205 Å². The SMILES string of the molecule is CC(C)[C@H](C)C(=O)C[C@](C)(O)[C@H]1CCC2C3C[C@H](O[C@H]4O[C@H](C)[C@@H](O)[C@H](O[C@@H]5O[C@H](C)[C@@H](O[C@H]6O[C@H](CO)[C@@H](O)[C@H](O)[C@H]6O[C@@H]6O[C@H](C)[C@H](O)[C@H](O)[C@H]6O)[C@H](O)[C@H]5O[C@@H]5O[C@H](C)[C@@H](O)[C@H](O)[C@H]5O)[C@H]4O)C4C[C@@H](OS(=O)(=O)O)CC[C@]4(C)C3=CC[C@@]21C. The van der Waals surface area contributed by atoms with Crippen molar-refractivity contribution in [2.45, 2.75) is 292 Å². The van der Waals surface area contributed by atoms with Crippen molar-refractivity contribution in [1.82, 2.24) is 0 Å². The van der Waals surface area contributed by atoms with Crippen LogP contribution in [0.5, 0.6) is 0 Å². The van der Waals surface area contributed by atoms with Gasteiger partial charge in [-0.25, -0.2) is 4.18 Å². The normalized spacial score (nSPS) is 51.6. The standard InChI is InChI=1S/C58H96O28S/c1-21(2)22(3)32(60)19-58(10,72)35-12-11-29-28-18-33(31-17-27(86-87(73,74)75)13-15-56(31,8)30(28)14-16-57(29,35)9)80-53-46(71)48(38(63)25(6)78-53)83-54-50(85-52-44(69)41(66)37(62)24(5)77-52)45(70)47(26(7)79-54)82-55-49(42(67)39(64)34(20-59)81-55)84-51-43(68)40(65)36(61)23(4)76-51/h14,21-29,31,33-55,59,61-72H,11-13,15-20H2,1-10H3,(H,73,74,75)/t22-,23+,24+,25+,26+,27-,28?,29?,31?,33-,34+,35-,36-,37+,38+,39+,40-,41-,42-,43+,44+,45-,46+,47+,48-,49+,50+,51-,52-,53+,54-,55+,56+,57-,58-/m0/s1. The number of aliphatic hydroxyl groups excluding tert-OH is 12. The zero-order valence-corrected chi connectivity index (χ0v) is 51.7. The molecule has 0 amide bonds. The summed E-state index contributed by atoms with van der Waals surface area (Å²) in [5.41, 5.74) is -1.30. The van der Waals surface area contributed by atoms with Gasteiger partial charge in [-0.3, -0.25) is 9.35 Å². The number of fused-ring (bicyclic) bond motifs is 5. The Morgan fingerprint density at radius 2 is 1.13 bits per heavy atom. The van der Waals surface area contributed by atoms with E-state index >= 15 is 0 Å². The molecule has 29 heteroatoms. The summed E-state index contributed by atoms with van der Waals surface area (Å²) in [5, 5.41) is 146. The van der Waals surface area contributed by atoms with Crippen LogP contribution in [0, 0.1) is 46.3 Å². The van der Waals surface area contributed by atoms with Gasteiger partial charge in [0.15, 0.2) is 31.5 Å². The molecule has 8 fully saturated rings. The van der Waals surface area contributed by atoms with Crippen molar-refractivity contribution in [3.05, 3.63) is 11.6 Å². The first-order valence-electron chi connectivity index (χ1n) is 30.8. The molecule has 5 saturated heterocycles. The van der Waals surface area contributed by atoms with Gasteiger partial charge >= 0.3 is 10.4 Å². The first kappa shape index (κ1) is 69.7. The van der Waals surface area contributed by atoms with E-state index in [2.05, 4.69) is 19.9 Å². The van der Waals surface area contributed by atoms with Crippen LogP contribution < -0.4 is 0 Å². The maximum atomic E-state index is 13.6. The number of aliphatic hydroxyl groups is 13. The fourth-order valence-electron chi connectivity index (χ4n) is 16.0. The first-order chi connectivity index (χ1) is 40.5. The number of ketones is 1. The van der Waals surface area contributed by atoms with Crippen LogP contribution in [0.1, 0.15) is 121 Å². The van der Waals surface area contributed by atoms with Crippen molar-refractivity contribution >= 4 is 16.2 Å². The van der Waals surface area contributed by atoms with Gasteiger partial charge in [0, 0.05) is 12.3 Å². The monoisotopic (exact) mass is 1270 g/mol. The van der Waals surface area contributed by atoms with Gasteiger partial charge in [-0.05, 0) is 120 Å². The van der Waals surface area contributed by atoms with Crippen molar-refractivity contribution in [2.24, 2.45) is 46.3 Å². The topological polar surface area (TPSA) is 436 Å². The van der Waals surface area contributed by atoms with E-state index in [0.717, 1.165) is 5.57 Å². The molecule has 502 valence electrons. The molecule has 0 bridgehead atoms. The summed E-state index contributed by atoms with van der Waals surface area (Å²) in [6.07, 6.45) is -39.1. The Balaban J connectivity index is 0.996. The maximum Gasteiger partial charge on any atom is 0.397 e. The Morgan fingerprint density at radius 3 is 1.69 bits per heavy atom. The maximum absolute atomic E-state index is 13.6. The number of Topliss-reactive ketones (excluding diaryl/α,β-unsaturated/α-hetero) is 1. The Morgan fingerprint density at radius 1 is 0.609 bits per heavy atom. The molecule has 0 radical (unpaired) electrons. The molecule has 9 aliphatic rings. The Kier molecular flexibility index (Phi) is 21.3. The van der Waals surface area contributed by atoms with Crippen molar-refractivity contribution in [2.75, 3.05) is 6.61 Å². The molecule has 14 N–H and O–H groups in total. The minimum atomic E-state index is -4.89. The number of ether oxygens (including phenoxy) is 10. The highest BCUT2D eigenvalue weighted by atomic mass is 32.3. The van der Waals surface area contributed by atoms with Gasteiger partial charge in [0.25, 0.3) is 0 Å². The Hall–Kier alpha value is -1.64. The van der Waals surface area contributed by atoms with Crippen molar-refractivity contribution in [1.29, 1.82) is 0 Å². The molecule has 35 atom stereocenters. The van der Waals surface area contributed by atoms with Crippen LogP contribution in [0.3, 0.4) is 0 Å². The predicted octanol–water partition coefficient (Wildman–Crippen LogP) is -2.04. The van der Waals surface area contributed by atoms with Gasteiger partial charge in [-0.1, -0.05) is 46.3 Å². The third kappa shape index (κ3) is 13.6. The third-order valence-electron chi connectivity index (χ3n) is 21.5. The lowest BCUT2D eigenvalue weighted by Crippen LogP contribution is -2.68. The zero-order valence-electron chi connectivity index (χ0n) is 50.9. The molecule has 4 aliphatic carbocycles. The first-order valence-corrected chi connectivity index (χ1v) is 32.1. The van der Waals surface area contributed by atoms with E-state index in [9.17, 15) is 84.1 Å². The molecule has 3 unspecified atom stereocenters. The lowest BCUT2D eigenvalue weighted by molar-refractivity contribution is -0.407. The molecule has 5 heterocycles. The highest BCUT2D eigenvalue weighted by Crippen LogP contribution is 2.67. The second kappa shape index (κ2) is 26.6. The average Bonchev–Trinajstić information content (AvgIpc) is 1.79. The lowest BCUT2D eigenvalue weighted by Gasteiger charge is -2.60. The lowest BCUT2D eigenvalue weighted by atomic mass is 9.47. The summed E-state index contributed by atoms with van der Waals surface area (Å²) < 4.78 is 101. The number of hydrogen-bond acceptors (Lipinski definition) is 27. The van der Waals surface area contributed by atoms with Gasteiger partial charge < -0.3 is 114 Å². The second-order valence-electron chi connectivity index (χ2n) is 27.5. The minimum absolute atomic E-state index is 0.00385. The van der Waals surface area contributed by atoms with Gasteiger partial charge in [0.05, 0.1) is 48.8 Å². The highest BCUT2D eigenvalue weighted by Gasteiger charge is 2.64. The number of hydrogen-bond donors (Lipinski definition) is 14. The van der Waals surface area contributed by atoms with Crippen molar-refractivity contribution in [3.8, 4) is 0 Å². The van der Waals surface area contributed by atoms with Crippen LogP contribution in [-0.4, -0.2) is 263 Å². The van der Waals surface area contributed by atoms with Crippen LogP contribution in [0.15, 0.2) is 11.6 Å². The molecule has 28 nitrogen and oxygen atoms in total. The summed E-state index contributed by atoms with van der Waals surface area (Å²) in [5.74, 6) is -1.12. The summed E-state index contributed by atoms with van der Waals surface area (Å²) >= 11 is 0. The van der Waals surface area contributed by atoms with E-state index in [-0.39, 0.29) is 54.6 Å². The Labute approximate surface area is 506 Å². The van der Waals surface area contributed by atoms with Crippen LogP contribution in [0.4, 0.5) is 0 Å². The highest BCUT2D eigenvalue weighted by molar-refractivity contribution is 7.80. The largest absolute Gasteiger partial charge is 0.397 e. The van der Waals surface area contributed by atoms with E-state index in [1.807, 2.05) is 20.8 Å². The van der Waals surface area contributed by atoms with E-state index in [1.165, 1.54) is 27.7 Å². The zero-order chi connectivity index (χ0) is 64.1. The van der Waals surface area contributed by atoms with Gasteiger partial charge in [-0.15, -0.1) is 0 Å². The third-order valence-corrected chi connectivity index (χ3v) is 22.0. The van der Waals surface area contributed by atoms with Crippen molar-refractivity contribution < 1.29 is 136 Å². The fraction of sp³-hybridized carbons (Fsp3) is 0.948. The molecular formula is C58H96O28S. The second-order valence-corrected chi connectivity index (χ2v) is 28.5. The van der Waals surface area contributed by atoms with E-state index in [1.54, 1.807) is 6.92 Å². The molecule has 87 heavy (non-hydrogen) atoms. The predicted molar refractivity (Wildman–Crippen MR) is 295 cm³/mol. The fourth-order valence-corrected chi connectivity index (χ4v) is 16.5. The molecule has 0 spiro atoms. The van der Waals surface area contributed by atoms with Crippen LogP contribution in [0.2, 0.25) is 0 Å². The number of carbonyl (C=O) groups excluding carboxylic acids is 1. The molecule has 5 aliphatic heterocycles. The van der Waals surface area contributed by atoms with Gasteiger partial charge in [0.1, 0.15) is 103 Å². The summed E-state index contributed by atoms with van der Waals surface area (Å²) in [4.78, 5) is 13.6. The quantitative estimate of drug-likeness (QED) is 0.0519. The molecule has 0 aromatic heterocycles. The van der Waals surface area contributed by atoms with E-state index in [4.69, 9.17) is 51.6 Å². The summed E-state index contributed by atoms with van der Waals surface area (Å²) in [6.45, 7) is 16.6. The van der Waals surface area contributed by atoms with Crippen LogP contribution >= 0.6 is 0 Å². The molecule has 3 saturated carbocycles. The molecule has 0 aromatic carbocycles. The summed E-state index contributed by atoms with van der Waals surface area (Å²) in [6, 6.07) is 0. The smallest absolute Gasteiger partial charge is 0.394 e. The van der Waals surface area contributed by atoms with Gasteiger partial charge in [0.2, 0.25) is 0 Å². The van der Waals surface area contributed by atoms with Gasteiger partial charge in [-0.2, -0.15) is 8.42 Å². The average molecular weight is 1270 g/mol. The number of allylic oxidation sites excluding steroid dienone is 2. The van der Waals surface area contributed by atoms with Crippen LogP contribution in [-0.2, 0) is 66.7 Å². The number of rotatable bonds is 18.